The molecule has 0 aliphatic carbocycles. The third-order valence-corrected chi connectivity index (χ3v) is 6.62. The Hall–Kier alpha value is -3.78. The molecule has 1 N–H and O–H groups in total. The number of rotatable bonds is 6. The van der Waals surface area contributed by atoms with Crippen LogP contribution in [0.1, 0.15) is 27.9 Å². The fourth-order valence-electron chi connectivity index (χ4n) is 3.88. The number of nitrogens with one attached hydrogen (secondary N) is 1. The van der Waals surface area contributed by atoms with E-state index in [-0.39, 0.29) is 17.4 Å². The van der Waals surface area contributed by atoms with Gasteiger partial charge in [0.2, 0.25) is 5.91 Å². The minimum Gasteiger partial charge on any atom is -0.326 e. The molecular formula is C26H21FN4O2S. The van der Waals surface area contributed by atoms with Crippen molar-refractivity contribution in [1.29, 1.82) is 0 Å². The molecule has 1 amide bonds. The molecule has 34 heavy (non-hydrogen) atoms. The second kappa shape index (κ2) is 9.23. The average molecular weight is 473 g/mol. The van der Waals surface area contributed by atoms with Crippen molar-refractivity contribution < 1.29 is 14.0 Å². The monoisotopic (exact) mass is 472 g/mol. The number of aromatic nitrogens is 3. The molecule has 0 unspecified atom stereocenters. The lowest BCUT2D eigenvalue weighted by Gasteiger charge is -2.17. The van der Waals surface area contributed by atoms with Crippen molar-refractivity contribution in [3.8, 4) is 17.1 Å². The van der Waals surface area contributed by atoms with E-state index in [1.54, 1.807) is 34.9 Å². The van der Waals surface area contributed by atoms with Gasteiger partial charge >= 0.3 is 0 Å². The van der Waals surface area contributed by atoms with E-state index < -0.39 is 5.82 Å². The van der Waals surface area contributed by atoms with Crippen LogP contribution in [0.25, 0.3) is 17.1 Å². The Morgan fingerprint density at radius 2 is 1.85 bits per heavy atom. The number of benzene rings is 3. The first kappa shape index (κ1) is 22.0. The molecule has 6 nitrogen and oxygen atoms in total. The lowest BCUT2D eigenvalue weighted by Crippen LogP contribution is -2.19. The molecule has 4 aromatic rings. The summed E-state index contributed by atoms with van der Waals surface area (Å²) < 4.78 is 16.3. The highest BCUT2D eigenvalue weighted by Crippen LogP contribution is 2.30. The summed E-state index contributed by atoms with van der Waals surface area (Å²) in [5.74, 6) is 0.0594. The van der Waals surface area contributed by atoms with Crippen LogP contribution in [0.5, 0.6) is 0 Å². The van der Waals surface area contributed by atoms with Crippen LogP contribution in [0.4, 0.5) is 10.1 Å². The summed E-state index contributed by atoms with van der Waals surface area (Å²) in [4.78, 5) is 24.5. The number of anilines is 1. The van der Waals surface area contributed by atoms with E-state index >= 15 is 0 Å². The maximum absolute atomic E-state index is 14.6. The second-order valence-electron chi connectivity index (χ2n) is 8.09. The highest BCUT2D eigenvalue weighted by Gasteiger charge is 2.21. The third-order valence-electron chi connectivity index (χ3n) is 5.70. The zero-order chi connectivity index (χ0) is 23.7. The number of hydrogen-bond donors (Lipinski definition) is 1. The second-order valence-corrected chi connectivity index (χ2v) is 9.03. The van der Waals surface area contributed by atoms with Crippen LogP contribution in [0.3, 0.4) is 0 Å². The molecule has 0 atom stereocenters. The number of thioether (sulfide) groups is 1. The number of aryl methyl sites for hydroxylation is 2. The quantitative estimate of drug-likeness (QED) is 0.307. The molecule has 3 aromatic carbocycles. The van der Waals surface area contributed by atoms with E-state index in [1.807, 2.05) is 37.3 Å². The van der Waals surface area contributed by atoms with E-state index in [4.69, 9.17) is 0 Å². The lowest BCUT2D eigenvalue weighted by atomic mass is 9.99. The summed E-state index contributed by atoms with van der Waals surface area (Å²) in [6.07, 6.45) is 1.03. The summed E-state index contributed by atoms with van der Waals surface area (Å²) in [7, 11) is 0. The van der Waals surface area contributed by atoms with Crippen LogP contribution in [-0.2, 0) is 11.2 Å². The molecular weight excluding hydrogens is 451 g/mol. The standard InChI is InChI=1S/C26H21FN4O2S/c1-16-6-10-19(11-7-16)31-25(20-4-2-3-5-21(20)27)29-30-26(31)34-15-23(32)18-8-12-22-17(14-18)9-13-24(33)28-22/h2-8,10-12,14H,9,13,15H2,1H3,(H,28,33). The Morgan fingerprint density at radius 1 is 1.06 bits per heavy atom. The molecule has 0 fully saturated rings. The van der Waals surface area contributed by atoms with Crippen LogP contribution >= 0.6 is 11.8 Å². The van der Waals surface area contributed by atoms with E-state index in [2.05, 4.69) is 15.5 Å². The van der Waals surface area contributed by atoms with Crippen molar-refractivity contribution >= 4 is 29.1 Å². The van der Waals surface area contributed by atoms with E-state index in [0.29, 0.717) is 34.9 Å². The number of nitrogens with zero attached hydrogens (tertiary/aromatic N) is 3. The summed E-state index contributed by atoms with van der Waals surface area (Å²) in [6, 6.07) is 19.5. The maximum Gasteiger partial charge on any atom is 0.224 e. The highest BCUT2D eigenvalue weighted by molar-refractivity contribution is 7.99. The van der Waals surface area contributed by atoms with Gasteiger partial charge in [-0.25, -0.2) is 4.39 Å². The van der Waals surface area contributed by atoms with Crippen molar-refractivity contribution in [1.82, 2.24) is 14.8 Å². The maximum atomic E-state index is 14.6. The molecule has 0 saturated carbocycles. The Kier molecular flexibility index (Phi) is 5.98. The van der Waals surface area contributed by atoms with Gasteiger partial charge in [-0.05, 0) is 61.4 Å². The van der Waals surface area contributed by atoms with Crippen molar-refractivity contribution in [2.45, 2.75) is 24.9 Å². The molecule has 1 aromatic heterocycles. The Labute approximate surface area is 200 Å². The average Bonchev–Trinajstić information content (AvgIpc) is 3.26. The number of hydrogen-bond acceptors (Lipinski definition) is 5. The van der Waals surface area contributed by atoms with Gasteiger partial charge in [0.05, 0.1) is 11.3 Å². The molecule has 1 aliphatic rings. The number of carbonyl (C=O) groups is 2. The summed E-state index contributed by atoms with van der Waals surface area (Å²) in [5, 5.41) is 11.9. The molecule has 0 spiro atoms. The van der Waals surface area contributed by atoms with Crippen molar-refractivity contribution in [2.24, 2.45) is 0 Å². The van der Waals surface area contributed by atoms with Crippen LogP contribution in [0.2, 0.25) is 0 Å². The number of Topliss-reactive ketones (excluding diaryl/α,β-unsaturated/α-hetero) is 1. The van der Waals surface area contributed by atoms with Gasteiger partial charge in [0.1, 0.15) is 5.82 Å². The molecule has 170 valence electrons. The van der Waals surface area contributed by atoms with E-state index in [9.17, 15) is 14.0 Å². The number of ketones is 1. The molecule has 0 saturated heterocycles. The zero-order valence-corrected chi connectivity index (χ0v) is 19.2. The summed E-state index contributed by atoms with van der Waals surface area (Å²) in [6.45, 7) is 1.99. The molecule has 0 bridgehead atoms. The minimum absolute atomic E-state index is 0.0109. The number of halogens is 1. The third kappa shape index (κ3) is 4.36. The van der Waals surface area contributed by atoms with Gasteiger partial charge in [-0.15, -0.1) is 10.2 Å². The smallest absolute Gasteiger partial charge is 0.224 e. The van der Waals surface area contributed by atoms with Gasteiger partial charge in [-0.3, -0.25) is 14.2 Å². The van der Waals surface area contributed by atoms with E-state index in [1.165, 1.54) is 17.8 Å². The first-order valence-corrected chi connectivity index (χ1v) is 11.8. The Morgan fingerprint density at radius 3 is 2.65 bits per heavy atom. The highest BCUT2D eigenvalue weighted by atomic mass is 32.2. The number of carbonyl (C=O) groups excluding carboxylic acids is 2. The molecule has 1 aliphatic heterocycles. The number of amides is 1. The van der Waals surface area contributed by atoms with Crippen LogP contribution < -0.4 is 5.32 Å². The van der Waals surface area contributed by atoms with Crippen molar-refractivity contribution in [3.05, 3.63) is 89.2 Å². The topological polar surface area (TPSA) is 76.9 Å². The molecule has 5 rings (SSSR count). The molecule has 0 radical (unpaired) electrons. The first-order valence-electron chi connectivity index (χ1n) is 10.9. The molecule has 2 heterocycles. The van der Waals surface area contributed by atoms with Crippen molar-refractivity contribution in [3.63, 3.8) is 0 Å². The number of fused-ring (bicyclic) bond motifs is 1. The summed E-state index contributed by atoms with van der Waals surface area (Å²) in [5.41, 5.74) is 4.52. The van der Waals surface area contributed by atoms with Crippen molar-refractivity contribution in [2.75, 3.05) is 11.1 Å². The lowest BCUT2D eigenvalue weighted by molar-refractivity contribution is -0.116. The fourth-order valence-corrected chi connectivity index (χ4v) is 4.72. The predicted molar refractivity (Wildman–Crippen MR) is 130 cm³/mol. The fraction of sp³-hybridized carbons (Fsp3) is 0.154. The van der Waals surface area contributed by atoms with Gasteiger partial charge in [0, 0.05) is 23.4 Å². The van der Waals surface area contributed by atoms with Crippen LogP contribution in [-0.4, -0.2) is 32.2 Å². The predicted octanol–water partition coefficient (Wildman–Crippen LogP) is 5.24. The largest absolute Gasteiger partial charge is 0.326 e. The van der Waals surface area contributed by atoms with E-state index in [0.717, 1.165) is 22.5 Å². The first-order chi connectivity index (χ1) is 16.5. The zero-order valence-electron chi connectivity index (χ0n) is 18.4. The Balaban J connectivity index is 1.44. The van der Waals surface area contributed by atoms with Gasteiger partial charge in [0.15, 0.2) is 16.8 Å². The van der Waals surface area contributed by atoms with Gasteiger partial charge in [0.25, 0.3) is 0 Å². The summed E-state index contributed by atoms with van der Waals surface area (Å²) >= 11 is 1.26. The molecule has 8 heteroatoms. The van der Waals surface area contributed by atoms with Gasteiger partial charge in [-0.2, -0.15) is 0 Å². The minimum atomic E-state index is -0.392. The van der Waals surface area contributed by atoms with Gasteiger partial charge < -0.3 is 5.32 Å². The van der Waals surface area contributed by atoms with Crippen LogP contribution in [0, 0.1) is 12.7 Å². The SMILES string of the molecule is Cc1ccc(-n2c(SCC(=O)c3ccc4c(c3)CCC(=O)N4)nnc2-c2ccccc2F)cc1. The van der Waals surface area contributed by atoms with Crippen LogP contribution in [0.15, 0.2) is 71.9 Å². The Bertz CT molecular complexity index is 1400. The van der Waals surface area contributed by atoms with Gasteiger partial charge in [-0.1, -0.05) is 41.6 Å². The normalized spacial score (nSPS) is 12.8.